The molecular weight excluding hydrogens is 366 g/mol. The third kappa shape index (κ3) is 4.58. The van der Waals surface area contributed by atoms with Gasteiger partial charge < -0.3 is 10.1 Å². The first kappa shape index (κ1) is 18.8. The number of methoxy groups -OCH3 is 1. The second kappa shape index (κ2) is 9.08. The van der Waals surface area contributed by atoms with Crippen molar-refractivity contribution in [2.75, 3.05) is 12.9 Å². The van der Waals surface area contributed by atoms with Crippen LogP contribution in [0, 0.1) is 0 Å². The van der Waals surface area contributed by atoms with Crippen molar-refractivity contribution in [3.05, 3.63) is 76.8 Å². The summed E-state index contributed by atoms with van der Waals surface area (Å²) in [4.78, 5) is 13.3. The van der Waals surface area contributed by atoms with Crippen LogP contribution < -0.4 is 5.32 Å². The highest BCUT2D eigenvalue weighted by Gasteiger charge is 2.09. The van der Waals surface area contributed by atoms with Crippen molar-refractivity contribution >= 4 is 40.0 Å². The highest BCUT2D eigenvalue weighted by Crippen LogP contribution is 2.33. The standard InChI is InChI=1S/C21H20ClNO2S/c1-25-13-17-7-3-2-6-16(17)12-23-20(24)14-26-19-11-5-9-15-8-4-10-18(22)21(15)19/h2-11H,12-14H2,1H3,(H,23,24). The Bertz CT molecular complexity index is 908. The Kier molecular flexibility index (Phi) is 6.56. The smallest absolute Gasteiger partial charge is 0.230 e. The lowest BCUT2D eigenvalue weighted by Gasteiger charge is -2.11. The Hall–Kier alpha value is -2.01. The maximum Gasteiger partial charge on any atom is 0.230 e. The van der Waals surface area contributed by atoms with E-state index in [2.05, 4.69) is 5.32 Å². The van der Waals surface area contributed by atoms with E-state index in [1.165, 1.54) is 11.8 Å². The van der Waals surface area contributed by atoms with Gasteiger partial charge in [0, 0.05) is 29.0 Å². The summed E-state index contributed by atoms with van der Waals surface area (Å²) >= 11 is 7.84. The zero-order chi connectivity index (χ0) is 18.4. The van der Waals surface area contributed by atoms with E-state index in [0.29, 0.717) is 23.9 Å². The molecule has 3 aromatic carbocycles. The second-order valence-electron chi connectivity index (χ2n) is 5.86. The van der Waals surface area contributed by atoms with Gasteiger partial charge in [-0.1, -0.05) is 60.1 Å². The van der Waals surface area contributed by atoms with Gasteiger partial charge in [0.2, 0.25) is 5.91 Å². The van der Waals surface area contributed by atoms with Crippen molar-refractivity contribution in [3.63, 3.8) is 0 Å². The maximum absolute atomic E-state index is 12.3. The summed E-state index contributed by atoms with van der Waals surface area (Å²) in [6.07, 6.45) is 0. The zero-order valence-corrected chi connectivity index (χ0v) is 16.1. The molecule has 134 valence electrons. The van der Waals surface area contributed by atoms with Crippen molar-refractivity contribution in [2.45, 2.75) is 18.0 Å². The molecule has 0 fully saturated rings. The number of carbonyl (C=O) groups excluding carboxylic acids is 1. The average molecular weight is 386 g/mol. The molecule has 0 aliphatic heterocycles. The van der Waals surface area contributed by atoms with E-state index in [1.54, 1.807) is 7.11 Å². The summed E-state index contributed by atoms with van der Waals surface area (Å²) in [7, 11) is 1.67. The quantitative estimate of drug-likeness (QED) is 0.578. The summed E-state index contributed by atoms with van der Waals surface area (Å²) in [5, 5.41) is 5.77. The molecule has 3 aromatic rings. The first-order valence-electron chi connectivity index (χ1n) is 8.31. The molecule has 0 aliphatic carbocycles. The lowest BCUT2D eigenvalue weighted by atomic mass is 10.1. The van der Waals surface area contributed by atoms with E-state index in [0.717, 1.165) is 26.8 Å². The van der Waals surface area contributed by atoms with Gasteiger partial charge in [-0.25, -0.2) is 0 Å². The molecule has 0 aliphatic rings. The Morgan fingerprint density at radius 2 is 1.77 bits per heavy atom. The maximum atomic E-state index is 12.3. The van der Waals surface area contributed by atoms with Crippen LogP contribution in [0.1, 0.15) is 11.1 Å². The summed E-state index contributed by atoms with van der Waals surface area (Å²) in [6.45, 7) is 1.03. The minimum Gasteiger partial charge on any atom is -0.380 e. The van der Waals surface area contributed by atoms with Crippen LogP contribution in [0.4, 0.5) is 0 Å². The van der Waals surface area contributed by atoms with Crippen LogP contribution in [0.15, 0.2) is 65.6 Å². The lowest BCUT2D eigenvalue weighted by Crippen LogP contribution is -2.25. The molecule has 0 aromatic heterocycles. The molecule has 3 nitrogen and oxygen atoms in total. The molecule has 1 N–H and O–H groups in total. The van der Waals surface area contributed by atoms with Gasteiger partial charge in [-0.05, 0) is 28.6 Å². The van der Waals surface area contributed by atoms with Gasteiger partial charge in [-0.2, -0.15) is 0 Å². The van der Waals surface area contributed by atoms with Crippen LogP contribution in [0.25, 0.3) is 10.8 Å². The predicted molar refractivity (Wildman–Crippen MR) is 109 cm³/mol. The number of hydrogen-bond acceptors (Lipinski definition) is 3. The molecule has 5 heteroatoms. The van der Waals surface area contributed by atoms with Crippen LogP contribution in [-0.2, 0) is 22.7 Å². The summed E-state index contributed by atoms with van der Waals surface area (Å²) < 4.78 is 5.20. The van der Waals surface area contributed by atoms with E-state index >= 15 is 0 Å². The topological polar surface area (TPSA) is 38.3 Å². The molecule has 3 rings (SSSR count). The molecule has 0 radical (unpaired) electrons. The number of benzene rings is 3. The Morgan fingerprint density at radius 1 is 1.04 bits per heavy atom. The first-order valence-corrected chi connectivity index (χ1v) is 9.68. The molecule has 0 bridgehead atoms. The van der Waals surface area contributed by atoms with Gasteiger partial charge in [-0.15, -0.1) is 11.8 Å². The third-order valence-electron chi connectivity index (χ3n) is 4.07. The average Bonchev–Trinajstić information content (AvgIpc) is 2.66. The summed E-state index contributed by atoms with van der Waals surface area (Å²) in [5.74, 6) is 0.336. The molecule has 0 heterocycles. The number of fused-ring (bicyclic) bond motifs is 1. The normalized spacial score (nSPS) is 10.8. The van der Waals surface area contributed by atoms with Gasteiger partial charge in [0.15, 0.2) is 0 Å². The largest absolute Gasteiger partial charge is 0.380 e. The third-order valence-corrected chi connectivity index (χ3v) is 5.44. The van der Waals surface area contributed by atoms with E-state index in [9.17, 15) is 4.79 Å². The number of hydrogen-bond donors (Lipinski definition) is 1. The summed E-state index contributed by atoms with van der Waals surface area (Å²) in [6, 6.07) is 19.8. The van der Waals surface area contributed by atoms with Crippen LogP contribution in [0.3, 0.4) is 0 Å². The number of halogens is 1. The molecule has 1 amide bonds. The van der Waals surface area contributed by atoms with Crippen LogP contribution in [0.2, 0.25) is 5.02 Å². The number of amides is 1. The van der Waals surface area contributed by atoms with Gasteiger partial charge in [0.25, 0.3) is 0 Å². The van der Waals surface area contributed by atoms with E-state index in [1.807, 2.05) is 60.7 Å². The Morgan fingerprint density at radius 3 is 2.54 bits per heavy atom. The van der Waals surface area contributed by atoms with Gasteiger partial charge in [-0.3, -0.25) is 4.79 Å². The van der Waals surface area contributed by atoms with Crippen LogP contribution >= 0.6 is 23.4 Å². The SMILES string of the molecule is COCc1ccccc1CNC(=O)CSc1cccc2cccc(Cl)c12. The molecule has 0 atom stereocenters. The van der Waals surface area contributed by atoms with Crippen LogP contribution in [-0.4, -0.2) is 18.8 Å². The molecule has 0 saturated heterocycles. The predicted octanol–water partition coefficient (Wildman–Crippen LogP) is 5.05. The lowest BCUT2D eigenvalue weighted by molar-refractivity contribution is -0.118. The number of carbonyl (C=O) groups is 1. The molecular formula is C21H20ClNO2S. The van der Waals surface area contributed by atoms with Gasteiger partial charge >= 0.3 is 0 Å². The number of ether oxygens (including phenoxy) is 1. The number of nitrogens with one attached hydrogen (secondary N) is 1. The van der Waals surface area contributed by atoms with Gasteiger partial charge in [0.05, 0.1) is 12.4 Å². The molecule has 26 heavy (non-hydrogen) atoms. The van der Waals surface area contributed by atoms with Crippen molar-refractivity contribution in [2.24, 2.45) is 0 Å². The monoisotopic (exact) mass is 385 g/mol. The highest BCUT2D eigenvalue weighted by molar-refractivity contribution is 8.00. The Labute approximate surface area is 162 Å². The van der Waals surface area contributed by atoms with Crippen molar-refractivity contribution in [1.82, 2.24) is 5.32 Å². The fourth-order valence-corrected chi connectivity index (χ4v) is 4.07. The van der Waals surface area contributed by atoms with E-state index < -0.39 is 0 Å². The van der Waals surface area contributed by atoms with Gasteiger partial charge in [0.1, 0.15) is 0 Å². The molecule has 0 spiro atoms. The molecule has 0 saturated carbocycles. The zero-order valence-electron chi connectivity index (χ0n) is 14.5. The summed E-state index contributed by atoms with van der Waals surface area (Å²) in [5.41, 5.74) is 2.16. The fraction of sp³-hybridized carbons (Fsp3) is 0.190. The van der Waals surface area contributed by atoms with Crippen molar-refractivity contribution < 1.29 is 9.53 Å². The minimum absolute atomic E-state index is 0.00808. The fourth-order valence-electron chi connectivity index (χ4n) is 2.80. The minimum atomic E-state index is -0.00808. The molecule has 0 unspecified atom stereocenters. The van der Waals surface area contributed by atoms with Crippen molar-refractivity contribution in [3.8, 4) is 0 Å². The number of rotatable bonds is 7. The Balaban J connectivity index is 1.62. The first-order chi connectivity index (χ1) is 12.7. The van der Waals surface area contributed by atoms with Crippen LogP contribution in [0.5, 0.6) is 0 Å². The van der Waals surface area contributed by atoms with E-state index in [4.69, 9.17) is 16.3 Å². The van der Waals surface area contributed by atoms with E-state index in [-0.39, 0.29) is 5.91 Å². The highest BCUT2D eigenvalue weighted by atomic mass is 35.5. The number of thioether (sulfide) groups is 1. The second-order valence-corrected chi connectivity index (χ2v) is 7.29. The van der Waals surface area contributed by atoms with Crippen molar-refractivity contribution in [1.29, 1.82) is 0 Å².